The Morgan fingerprint density at radius 3 is 2.76 bits per heavy atom. The van der Waals surface area contributed by atoms with Gasteiger partial charge in [-0.3, -0.25) is 4.68 Å². The van der Waals surface area contributed by atoms with Gasteiger partial charge >= 0.3 is 0 Å². The van der Waals surface area contributed by atoms with E-state index in [0.717, 1.165) is 34.4 Å². The van der Waals surface area contributed by atoms with Crippen LogP contribution < -0.4 is 10.1 Å². The van der Waals surface area contributed by atoms with Gasteiger partial charge in [0.15, 0.2) is 0 Å². The van der Waals surface area contributed by atoms with E-state index in [2.05, 4.69) is 27.4 Å². The average molecular weight is 283 g/mol. The molecular weight excluding hydrogens is 262 g/mol. The number of aromatic nitrogens is 2. The van der Waals surface area contributed by atoms with Crippen LogP contribution in [0.2, 0.25) is 0 Å². The molecule has 4 heteroatoms. The summed E-state index contributed by atoms with van der Waals surface area (Å²) in [5.41, 5.74) is 3.23. The van der Waals surface area contributed by atoms with Crippen molar-refractivity contribution in [3.8, 4) is 16.9 Å². The normalized spacial score (nSPS) is 26.5. The minimum atomic E-state index is 0.598. The van der Waals surface area contributed by atoms with Crippen molar-refractivity contribution in [2.24, 2.45) is 11.8 Å². The molecule has 2 aliphatic rings. The minimum absolute atomic E-state index is 0.598. The topological polar surface area (TPSA) is 39.1 Å². The first-order valence-electron chi connectivity index (χ1n) is 7.69. The average Bonchev–Trinajstić information content (AvgIpc) is 2.95. The summed E-state index contributed by atoms with van der Waals surface area (Å²) in [7, 11) is 3.63. The number of rotatable bonds is 4. The standard InChI is InChI=1S/C17H21N3O/c1-18-16-5-3-4-15(17(16)21-2)13-9-19-20(10-13)14-7-11-6-12(11)8-14/h3-5,9-12,14,18H,6-8H2,1-2H3/t11-,12+,14?. The third kappa shape index (κ3) is 2.09. The van der Waals surface area contributed by atoms with Crippen molar-refractivity contribution in [3.05, 3.63) is 30.6 Å². The second kappa shape index (κ2) is 4.79. The predicted octanol–water partition coefficient (Wildman–Crippen LogP) is 3.57. The summed E-state index contributed by atoms with van der Waals surface area (Å²) in [4.78, 5) is 0. The molecular formula is C17H21N3O. The molecule has 2 saturated carbocycles. The van der Waals surface area contributed by atoms with Crippen molar-refractivity contribution in [1.82, 2.24) is 9.78 Å². The smallest absolute Gasteiger partial charge is 0.149 e. The molecule has 0 spiro atoms. The summed E-state index contributed by atoms with van der Waals surface area (Å²) in [6.07, 6.45) is 8.19. The number of hydrogen-bond donors (Lipinski definition) is 1. The minimum Gasteiger partial charge on any atom is -0.494 e. The summed E-state index contributed by atoms with van der Waals surface area (Å²) in [6, 6.07) is 6.76. The molecule has 1 N–H and O–H groups in total. The lowest BCUT2D eigenvalue weighted by atomic mass is 10.1. The fourth-order valence-electron chi connectivity index (χ4n) is 3.76. The number of nitrogens with zero attached hydrogens (tertiary/aromatic N) is 2. The van der Waals surface area contributed by atoms with E-state index >= 15 is 0 Å². The maximum absolute atomic E-state index is 5.58. The number of benzene rings is 1. The third-order valence-corrected chi connectivity index (χ3v) is 4.99. The Hall–Kier alpha value is -1.97. The molecule has 4 rings (SSSR count). The summed E-state index contributed by atoms with van der Waals surface area (Å²) < 4.78 is 7.74. The summed E-state index contributed by atoms with van der Waals surface area (Å²) in [6.45, 7) is 0. The Morgan fingerprint density at radius 1 is 1.24 bits per heavy atom. The zero-order valence-corrected chi connectivity index (χ0v) is 12.5. The second-order valence-corrected chi connectivity index (χ2v) is 6.23. The molecule has 1 aromatic heterocycles. The van der Waals surface area contributed by atoms with Crippen LogP contribution in [0.5, 0.6) is 5.75 Å². The predicted molar refractivity (Wildman–Crippen MR) is 83.6 cm³/mol. The molecule has 1 aromatic carbocycles. The van der Waals surface area contributed by atoms with Gasteiger partial charge in [-0.15, -0.1) is 0 Å². The number of fused-ring (bicyclic) bond motifs is 1. The highest BCUT2D eigenvalue weighted by Crippen LogP contribution is 2.55. The van der Waals surface area contributed by atoms with Crippen molar-refractivity contribution in [2.45, 2.75) is 25.3 Å². The van der Waals surface area contributed by atoms with E-state index in [-0.39, 0.29) is 0 Å². The molecule has 3 atom stereocenters. The molecule has 21 heavy (non-hydrogen) atoms. The molecule has 2 aromatic rings. The summed E-state index contributed by atoms with van der Waals surface area (Å²) in [5.74, 6) is 2.84. The summed E-state index contributed by atoms with van der Waals surface area (Å²) in [5, 5.41) is 7.78. The molecule has 2 fully saturated rings. The van der Waals surface area contributed by atoms with Crippen LogP contribution in [0.1, 0.15) is 25.3 Å². The fraction of sp³-hybridized carbons (Fsp3) is 0.471. The van der Waals surface area contributed by atoms with Crippen LogP contribution in [0, 0.1) is 11.8 Å². The van der Waals surface area contributed by atoms with E-state index < -0.39 is 0 Å². The monoisotopic (exact) mass is 283 g/mol. The quantitative estimate of drug-likeness (QED) is 0.932. The van der Waals surface area contributed by atoms with Gasteiger partial charge in [0.1, 0.15) is 5.75 Å². The van der Waals surface area contributed by atoms with Crippen molar-refractivity contribution in [1.29, 1.82) is 0 Å². The number of nitrogens with one attached hydrogen (secondary N) is 1. The molecule has 0 amide bonds. The first kappa shape index (κ1) is 12.7. The molecule has 0 aliphatic heterocycles. The van der Waals surface area contributed by atoms with Crippen LogP contribution >= 0.6 is 0 Å². The first-order chi connectivity index (χ1) is 10.3. The Kier molecular flexibility index (Phi) is 2.91. The third-order valence-electron chi connectivity index (χ3n) is 4.99. The number of methoxy groups -OCH3 is 1. The molecule has 1 heterocycles. The van der Waals surface area contributed by atoms with Gasteiger partial charge < -0.3 is 10.1 Å². The molecule has 110 valence electrons. The Labute approximate surface area is 125 Å². The van der Waals surface area contributed by atoms with Gasteiger partial charge in [0.05, 0.1) is 25.0 Å². The highest BCUT2D eigenvalue weighted by atomic mass is 16.5. The highest BCUT2D eigenvalue weighted by Gasteiger charge is 2.46. The second-order valence-electron chi connectivity index (χ2n) is 6.23. The molecule has 0 bridgehead atoms. The van der Waals surface area contributed by atoms with E-state index in [9.17, 15) is 0 Å². The van der Waals surface area contributed by atoms with Crippen LogP contribution in [0.25, 0.3) is 11.1 Å². The van der Waals surface area contributed by atoms with E-state index in [1.54, 1.807) is 7.11 Å². The van der Waals surface area contributed by atoms with Gasteiger partial charge in [0.25, 0.3) is 0 Å². The molecule has 2 aliphatic carbocycles. The highest BCUT2D eigenvalue weighted by molar-refractivity contribution is 5.77. The maximum atomic E-state index is 5.58. The van der Waals surface area contributed by atoms with E-state index in [4.69, 9.17) is 4.74 Å². The number of ether oxygens (including phenoxy) is 1. The number of hydrogen-bond acceptors (Lipinski definition) is 3. The first-order valence-corrected chi connectivity index (χ1v) is 7.69. The molecule has 0 radical (unpaired) electrons. The van der Waals surface area contributed by atoms with E-state index in [0.29, 0.717) is 6.04 Å². The van der Waals surface area contributed by atoms with Gasteiger partial charge in [-0.05, 0) is 37.2 Å². The van der Waals surface area contributed by atoms with Crippen molar-refractivity contribution in [2.75, 3.05) is 19.5 Å². The van der Waals surface area contributed by atoms with E-state index in [1.165, 1.54) is 19.3 Å². The number of anilines is 1. The lowest BCUT2D eigenvalue weighted by molar-refractivity contribution is 0.418. The van der Waals surface area contributed by atoms with Gasteiger partial charge in [-0.25, -0.2) is 0 Å². The molecule has 4 nitrogen and oxygen atoms in total. The zero-order valence-electron chi connectivity index (χ0n) is 12.5. The molecule has 0 saturated heterocycles. The van der Waals surface area contributed by atoms with Gasteiger partial charge in [-0.1, -0.05) is 12.1 Å². The maximum Gasteiger partial charge on any atom is 0.149 e. The largest absolute Gasteiger partial charge is 0.494 e. The van der Waals surface area contributed by atoms with Crippen LogP contribution in [0.15, 0.2) is 30.6 Å². The van der Waals surface area contributed by atoms with Crippen molar-refractivity contribution < 1.29 is 4.74 Å². The van der Waals surface area contributed by atoms with Crippen molar-refractivity contribution >= 4 is 5.69 Å². The van der Waals surface area contributed by atoms with Gasteiger partial charge in [0, 0.05) is 24.4 Å². The SMILES string of the molecule is CNc1cccc(-c2cnn(C3C[C@@H]4C[C@@H]4C3)c2)c1OC. The van der Waals surface area contributed by atoms with Crippen LogP contribution in [-0.2, 0) is 0 Å². The fourth-order valence-corrected chi connectivity index (χ4v) is 3.76. The Bertz CT molecular complexity index is 654. The van der Waals surface area contributed by atoms with Crippen molar-refractivity contribution in [3.63, 3.8) is 0 Å². The Morgan fingerprint density at radius 2 is 2.05 bits per heavy atom. The van der Waals surface area contributed by atoms with Gasteiger partial charge in [0.2, 0.25) is 0 Å². The zero-order chi connectivity index (χ0) is 14.4. The lowest BCUT2D eigenvalue weighted by Gasteiger charge is -2.13. The van der Waals surface area contributed by atoms with Crippen LogP contribution in [0.4, 0.5) is 5.69 Å². The Balaban J connectivity index is 1.66. The number of para-hydroxylation sites is 1. The van der Waals surface area contributed by atoms with Crippen LogP contribution in [-0.4, -0.2) is 23.9 Å². The van der Waals surface area contributed by atoms with Crippen LogP contribution in [0.3, 0.4) is 0 Å². The summed E-state index contributed by atoms with van der Waals surface area (Å²) >= 11 is 0. The van der Waals surface area contributed by atoms with Gasteiger partial charge in [-0.2, -0.15) is 5.10 Å². The van der Waals surface area contributed by atoms with E-state index in [1.807, 2.05) is 25.4 Å². The molecule has 1 unspecified atom stereocenters. The lowest BCUT2D eigenvalue weighted by Crippen LogP contribution is -2.06.